The quantitative estimate of drug-likeness (QED) is 0.629. The number of amides is 2. The molecule has 1 aromatic rings. The summed E-state index contributed by atoms with van der Waals surface area (Å²) in [6, 6.07) is 5.46. The second-order valence-electron chi connectivity index (χ2n) is 5.74. The largest absolute Gasteiger partial charge is 0.384 e. The second-order valence-corrected chi connectivity index (χ2v) is 5.74. The summed E-state index contributed by atoms with van der Waals surface area (Å²) in [5.74, 6) is 5.23. The molecule has 0 aromatic heterocycles. The number of rotatable bonds is 1. The summed E-state index contributed by atoms with van der Waals surface area (Å²) < 4.78 is 0. The van der Waals surface area contributed by atoms with E-state index in [9.17, 15) is 9.59 Å². The molecule has 1 heterocycles. The van der Waals surface area contributed by atoms with Crippen LogP contribution in [-0.2, 0) is 9.59 Å². The molecular weight excluding hydrogens is 266 g/mol. The Balaban J connectivity index is 2.01. The Kier molecular flexibility index (Phi) is 3.52. The van der Waals surface area contributed by atoms with Crippen LogP contribution in [0, 0.1) is 30.6 Å². The zero-order valence-electron chi connectivity index (χ0n) is 11.9. The Hall–Kier alpha value is -2.12. The van der Waals surface area contributed by atoms with E-state index in [1.54, 1.807) is 6.07 Å². The van der Waals surface area contributed by atoms with E-state index in [2.05, 4.69) is 11.8 Å². The maximum Gasteiger partial charge on any atom is 0.236 e. The maximum atomic E-state index is 12.5. The van der Waals surface area contributed by atoms with Crippen molar-refractivity contribution in [3.8, 4) is 11.8 Å². The van der Waals surface area contributed by atoms with Gasteiger partial charge >= 0.3 is 0 Å². The van der Waals surface area contributed by atoms with Crippen molar-refractivity contribution in [2.75, 3.05) is 11.5 Å². The van der Waals surface area contributed by atoms with Crippen molar-refractivity contribution in [2.45, 2.75) is 26.2 Å². The summed E-state index contributed by atoms with van der Waals surface area (Å²) in [5, 5.41) is 8.78. The number of aryl methyl sites for hydroxylation is 1. The second kappa shape index (κ2) is 5.34. The topological polar surface area (TPSA) is 57.6 Å². The highest BCUT2D eigenvalue weighted by Crippen LogP contribution is 2.40. The molecule has 1 N–H and O–H groups in total. The van der Waals surface area contributed by atoms with Gasteiger partial charge in [-0.2, -0.15) is 0 Å². The number of hydrogen-bond acceptors (Lipinski definition) is 3. The third-order valence-electron chi connectivity index (χ3n) is 4.20. The van der Waals surface area contributed by atoms with E-state index in [-0.39, 0.29) is 30.3 Å². The summed E-state index contributed by atoms with van der Waals surface area (Å²) in [4.78, 5) is 26.3. The number of aliphatic hydroxyl groups excluding tert-OH is 1. The number of aliphatic hydroxyl groups is 1. The van der Waals surface area contributed by atoms with Gasteiger partial charge in [-0.3, -0.25) is 14.5 Å². The lowest BCUT2D eigenvalue weighted by Crippen LogP contribution is -2.46. The first-order valence-electron chi connectivity index (χ1n) is 7.19. The van der Waals surface area contributed by atoms with E-state index in [1.807, 2.05) is 19.1 Å². The van der Waals surface area contributed by atoms with Crippen molar-refractivity contribution >= 4 is 17.5 Å². The number of piperidine rings is 1. The molecule has 0 spiro atoms. The standard InChI is InChI=1S/C17H17NO3/c1-11-7-12(3-2-6-19)9-15(8-11)18-16(20)13-4-5-14(10-13)17(18)21/h7-9,13-14,19H,4-6,10H2,1H3. The van der Waals surface area contributed by atoms with Crippen molar-refractivity contribution in [1.29, 1.82) is 0 Å². The molecule has 2 aliphatic rings. The number of benzene rings is 1. The first kappa shape index (κ1) is 13.8. The van der Waals surface area contributed by atoms with E-state index in [4.69, 9.17) is 5.11 Å². The monoisotopic (exact) mass is 283 g/mol. The predicted octanol–water partition coefficient (Wildman–Crippen LogP) is 1.63. The normalized spacial score (nSPS) is 24.0. The van der Waals surface area contributed by atoms with Gasteiger partial charge in [-0.1, -0.05) is 11.8 Å². The molecule has 2 bridgehead atoms. The van der Waals surface area contributed by atoms with Crippen LogP contribution < -0.4 is 4.90 Å². The van der Waals surface area contributed by atoms with Crippen molar-refractivity contribution in [3.05, 3.63) is 29.3 Å². The van der Waals surface area contributed by atoms with Crippen LogP contribution in [-0.4, -0.2) is 23.5 Å². The van der Waals surface area contributed by atoms with Crippen molar-refractivity contribution in [2.24, 2.45) is 11.8 Å². The van der Waals surface area contributed by atoms with Crippen LogP contribution in [0.4, 0.5) is 5.69 Å². The molecule has 1 saturated carbocycles. The van der Waals surface area contributed by atoms with Gasteiger partial charge in [-0.15, -0.1) is 0 Å². The van der Waals surface area contributed by atoms with Gasteiger partial charge in [0, 0.05) is 17.4 Å². The fourth-order valence-corrected chi connectivity index (χ4v) is 3.26. The molecule has 3 rings (SSSR count). The summed E-state index contributed by atoms with van der Waals surface area (Å²) in [5.41, 5.74) is 2.25. The zero-order valence-corrected chi connectivity index (χ0v) is 11.9. The molecule has 2 amide bonds. The minimum atomic E-state index is -0.213. The molecule has 2 atom stereocenters. The Labute approximate surface area is 123 Å². The molecule has 2 fully saturated rings. The van der Waals surface area contributed by atoms with Crippen LogP contribution in [0.1, 0.15) is 30.4 Å². The summed E-state index contributed by atoms with van der Waals surface area (Å²) in [7, 11) is 0. The molecule has 1 aliphatic carbocycles. The van der Waals surface area contributed by atoms with E-state index in [0.29, 0.717) is 17.7 Å². The van der Waals surface area contributed by atoms with Gasteiger partial charge in [0.05, 0.1) is 5.69 Å². The van der Waals surface area contributed by atoms with Gasteiger partial charge in [0.25, 0.3) is 0 Å². The Bertz CT molecular complexity index is 646. The molecule has 1 aliphatic heterocycles. The highest BCUT2D eigenvalue weighted by molar-refractivity contribution is 6.18. The molecule has 21 heavy (non-hydrogen) atoms. The molecule has 1 saturated heterocycles. The lowest BCUT2D eigenvalue weighted by molar-refractivity contribution is -0.132. The van der Waals surface area contributed by atoms with Gasteiger partial charge in [-0.05, 0) is 49.9 Å². The summed E-state index contributed by atoms with van der Waals surface area (Å²) in [6.45, 7) is 1.69. The number of anilines is 1. The molecule has 1 aromatic carbocycles. The van der Waals surface area contributed by atoms with Gasteiger partial charge in [0.2, 0.25) is 11.8 Å². The SMILES string of the molecule is Cc1cc(C#CCO)cc(N2C(=O)C3CCC(C3)C2=O)c1. The number of fused-ring (bicyclic) bond motifs is 2. The zero-order chi connectivity index (χ0) is 15.0. The number of carbonyl (C=O) groups excluding carboxylic acids is 2. The minimum Gasteiger partial charge on any atom is -0.384 e. The summed E-state index contributed by atoms with van der Waals surface area (Å²) in [6.07, 6.45) is 2.33. The van der Waals surface area contributed by atoms with E-state index in [0.717, 1.165) is 18.4 Å². The average Bonchev–Trinajstić information content (AvgIpc) is 2.90. The van der Waals surface area contributed by atoms with Crippen molar-refractivity contribution < 1.29 is 14.7 Å². The first-order valence-corrected chi connectivity index (χ1v) is 7.19. The number of nitrogens with zero attached hydrogens (tertiary/aromatic N) is 1. The smallest absolute Gasteiger partial charge is 0.236 e. The minimum absolute atomic E-state index is 0.0137. The Morgan fingerprint density at radius 1 is 1.19 bits per heavy atom. The number of hydrogen-bond donors (Lipinski definition) is 1. The average molecular weight is 283 g/mol. The number of imide groups is 1. The third kappa shape index (κ3) is 2.45. The van der Waals surface area contributed by atoms with Crippen molar-refractivity contribution in [1.82, 2.24) is 0 Å². The van der Waals surface area contributed by atoms with Crippen molar-refractivity contribution in [3.63, 3.8) is 0 Å². The van der Waals surface area contributed by atoms with Gasteiger partial charge in [0.1, 0.15) is 6.61 Å². The maximum absolute atomic E-state index is 12.5. The first-order chi connectivity index (χ1) is 10.1. The van der Waals surface area contributed by atoms with E-state index < -0.39 is 0 Å². The van der Waals surface area contributed by atoms with Crippen LogP contribution in [0.3, 0.4) is 0 Å². The van der Waals surface area contributed by atoms with Crippen LogP contribution >= 0.6 is 0 Å². The Morgan fingerprint density at radius 2 is 1.86 bits per heavy atom. The highest BCUT2D eigenvalue weighted by atomic mass is 16.2. The number of carbonyl (C=O) groups is 2. The van der Waals surface area contributed by atoms with Crippen LogP contribution in [0.25, 0.3) is 0 Å². The third-order valence-corrected chi connectivity index (χ3v) is 4.20. The molecule has 4 nitrogen and oxygen atoms in total. The van der Waals surface area contributed by atoms with Crippen LogP contribution in [0.2, 0.25) is 0 Å². The van der Waals surface area contributed by atoms with Crippen LogP contribution in [0.15, 0.2) is 18.2 Å². The Morgan fingerprint density at radius 3 is 2.48 bits per heavy atom. The summed E-state index contributed by atoms with van der Waals surface area (Å²) >= 11 is 0. The lowest BCUT2D eigenvalue weighted by atomic mass is 9.96. The van der Waals surface area contributed by atoms with E-state index in [1.165, 1.54) is 4.90 Å². The fraction of sp³-hybridized carbons (Fsp3) is 0.412. The van der Waals surface area contributed by atoms with E-state index >= 15 is 0 Å². The molecule has 4 heteroatoms. The molecule has 2 unspecified atom stereocenters. The lowest BCUT2D eigenvalue weighted by Gasteiger charge is -2.30. The van der Waals surface area contributed by atoms with Gasteiger partial charge in [0.15, 0.2) is 0 Å². The van der Waals surface area contributed by atoms with Gasteiger partial charge < -0.3 is 5.11 Å². The molecule has 108 valence electrons. The fourth-order valence-electron chi connectivity index (χ4n) is 3.26. The van der Waals surface area contributed by atoms with Crippen LogP contribution in [0.5, 0.6) is 0 Å². The highest BCUT2D eigenvalue weighted by Gasteiger charge is 2.45. The van der Waals surface area contributed by atoms with Gasteiger partial charge in [-0.25, -0.2) is 0 Å². The predicted molar refractivity (Wildman–Crippen MR) is 78.5 cm³/mol. The molecule has 0 radical (unpaired) electrons. The molecular formula is C17H17NO3.